The van der Waals surface area contributed by atoms with Crippen LogP contribution in [0.25, 0.3) is 0 Å². The highest BCUT2D eigenvalue weighted by molar-refractivity contribution is 5.32. The Morgan fingerprint density at radius 3 is 2.76 bits per heavy atom. The van der Waals surface area contributed by atoms with Gasteiger partial charge in [-0.15, -0.1) is 0 Å². The van der Waals surface area contributed by atoms with E-state index >= 15 is 0 Å². The first-order valence-electron chi connectivity index (χ1n) is 6.13. The van der Waals surface area contributed by atoms with Gasteiger partial charge in [-0.1, -0.05) is 23.8 Å². The number of halogens is 1. The van der Waals surface area contributed by atoms with Gasteiger partial charge in [0, 0.05) is 0 Å². The minimum atomic E-state index is -0.167. The standard InChI is InChI=1S/C14H19FN2/c1-10-7-8-12(9-13(10)15)14(17-16)11-5-3-2-4-6-11/h5,7-9,14,17H,2-4,6,16H2,1H3. The van der Waals surface area contributed by atoms with Crippen LogP contribution in [0.1, 0.15) is 42.9 Å². The van der Waals surface area contributed by atoms with Crippen LogP contribution in [0.4, 0.5) is 4.39 Å². The molecule has 2 rings (SSSR count). The molecule has 0 fully saturated rings. The van der Waals surface area contributed by atoms with Gasteiger partial charge in [0.1, 0.15) is 5.82 Å². The predicted molar refractivity (Wildman–Crippen MR) is 67.8 cm³/mol. The first-order valence-corrected chi connectivity index (χ1v) is 6.13. The highest BCUT2D eigenvalue weighted by atomic mass is 19.1. The third-order valence-electron chi connectivity index (χ3n) is 3.39. The molecule has 0 saturated heterocycles. The monoisotopic (exact) mass is 234 g/mol. The number of nitrogens with one attached hydrogen (secondary N) is 1. The topological polar surface area (TPSA) is 38.0 Å². The number of aryl methyl sites for hydroxylation is 1. The highest BCUT2D eigenvalue weighted by Crippen LogP contribution is 2.29. The Bertz CT molecular complexity index is 426. The van der Waals surface area contributed by atoms with Gasteiger partial charge in [-0.25, -0.2) is 9.82 Å². The molecule has 0 aliphatic heterocycles. The quantitative estimate of drug-likeness (QED) is 0.479. The number of rotatable bonds is 3. The zero-order valence-electron chi connectivity index (χ0n) is 10.2. The molecule has 0 amide bonds. The second-order valence-electron chi connectivity index (χ2n) is 4.63. The summed E-state index contributed by atoms with van der Waals surface area (Å²) < 4.78 is 13.6. The summed E-state index contributed by atoms with van der Waals surface area (Å²) in [5, 5.41) is 0. The van der Waals surface area contributed by atoms with Gasteiger partial charge < -0.3 is 0 Å². The van der Waals surface area contributed by atoms with Crippen LogP contribution in [0.3, 0.4) is 0 Å². The lowest BCUT2D eigenvalue weighted by molar-refractivity contribution is 0.558. The molecule has 17 heavy (non-hydrogen) atoms. The molecule has 0 spiro atoms. The zero-order valence-corrected chi connectivity index (χ0v) is 10.2. The van der Waals surface area contributed by atoms with E-state index in [1.165, 1.54) is 18.4 Å². The van der Waals surface area contributed by atoms with Gasteiger partial charge in [0.15, 0.2) is 0 Å². The van der Waals surface area contributed by atoms with E-state index < -0.39 is 0 Å². The van der Waals surface area contributed by atoms with Crippen molar-refractivity contribution < 1.29 is 4.39 Å². The largest absolute Gasteiger partial charge is 0.271 e. The zero-order chi connectivity index (χ0) is 12.3. The maximum absolute atomic E-state index is 13.6. The van der Waals surface area contributed by atoms with E-state index in [1.54, 1.807) is 19.1 Å². The fourth-order valence-corrected chi connectivity index (χ4v) is 2.33. The van der Waals surface area contributed by atoms with Crippen molar-refractivity contribution in [1.29, 1.82) is 0 Å². The van der Waals surface area contributed by atoms with Crippen molar-refractivity contribution in [2.75, 3.05) is 0 Å². The highest BCUT2D eigenvalue weighted by Gasteiger charge is 2.17. The lowest BCUT2D eigenvalue weighted by Gasteiger charge is -2.23. The number of hydrogen-bond acceptors (Lipinski definition) is 2. The third kappa shape index (κ3) is 2.73. The summed E-state index contributed by atoms with van der Waals surface area (Å²) in [6.45, 7) is 1.77. The molecule has 0 bridgehead atoms. The minimum Gasteiger partial charge on any atom is -0.271 e. The van der Waals surface area contributed by atoms with Gasteiger partial charge in [-0.2, -0.15) is 0 Å². The number of allylic oxidation sites excluding steroid dienone is 1. The third-order valence-corrected chi connectivity index (χ3v) is 3.39. The Morgan fingerprint density at radius 2 is 2.18 bits per heavy atom. The molecule has 0 aromatic heterocycles. The molecule has 0 saturated carbocycles. The van der Waals surface area contributed by atoms with Crippen molar-refractivity contribution >= 4 is 0 Å². The fraction of sp³-hybridized carbons (Fsp3) is 0.429. The van der Waals surface area contributed by atoms with E-state index in [1.807, 2.05) is 6.07 Å². The van der Waals surface area contributed by atoms with E-state index in [-0.39, 0.29) is 11.9 Å². The molecular formula is C14H19FN2. The van der Waals surface area contributed by atoms with Crippen LogP contribution in [-0.4, -0.2) is 0 Å². The Balaban J connectivity index is 2.28. The van der Waals surface area contributed by atoms with Crippen molar-refractivity contribution in [2.45, 2.75) is 38.6 Å². The molecule has 1 atom stereocenters. The van der Waals surface area contributed by atoms with E-state index in [9.17, 15) is 4.39 Å². The van der Waals surface area contributed by atoms with E-state index in [0.29, 0.717) is 5.56 Å². The first-order chi connectivity index (χ1) is 8.22. The van der Waals surface area contributed by atoms with Crippen molar-refractivity contribution in [3.63, 3.8) is 0 Å². The van der Waals surface area contributed by atoms with Crippen molar-refractivity contribution in [1.82, 2.24) is 5.43 Å². The van der Waals surface area contributed by atoms with Crippen molar-refractivity contribution in [2.24, 2.45) is 5.84 Å². The normalized spacial score (nSPS) is 17.7. The molecule has 1 aliphatic carbocycles. The maximum Gasteiger partial charge on any atom is 0.126 e. The van der Waals surface area contributed by atoms with Gasteiger partial charge in [-0.3, -0.25) is 5.84 Å². The average molecular weight is 234 g/mol. The van der Waals surface area contributed by atoms with Gasteiger partial charge in [0.05, 0.1) is 6.04 Å². The molecule has 0 heterocycles. The lowest BCUT2D eigenvalue weighted by atomic mass is 9.90. The molecule has 3 heteroatoms. The number of hydrogen-bond donors (Lipinski definition) is 2. The smallest absolute Gasteiger partial charge is 0.126 e. The van der Waals surface area contributed by atoms with Crippen molar-refractivity contribution in [3.8, 4) is 0 Å². The average Bonchev–Trinajstić information content (AvgIpc) is 2.36. The number of nitrogens with two attached hydrogens (primary N) is 1. The molecule has 92 valence electrons. The Labute approximate surface area is 102 Å². The summed E-state index contributed by atoms with van der Waals surface area (Å²) >= 11 is 0. The van der Waals surface area contributed by atoms with Crippen LogP contribution in [-0.2, 0) is 0 Å². The van der Waals surface area contributed by atoms with Gasteiger partial charge in [0.2, 0.25) is 0 Å². The molecule has 1 aromatic carbocycles. The summed E-state index contributed by atoms with van der Waals surface area (Å²) in [5.74, 6) is 5.44. The SMILES string of the molecule is Cc1ccc(C(NN)C2=CCCCC2)cc1F. The van der Waals surface area contributed by atoms with Crippen LogP contribution in [0.5, 0.6) is 0 Å². The molecule has 0 radical (unpaired) electrons. The second kappa shape index (κ2) is 5.43. The Morgan fingerprint density at radius 1 is 1.35 bits per heavy atom. The van der Waals surface area contributed by atoms with Gasteiger partial charge in [0.25, 0.3) is 0 Å². The Hall–Kier alpha value is -1.19. The molecule has 2 nitrogen and oxygen atoms in total. The number of benzene rings is 1. The van der Waals surface area contributed by atoms with Crippen LogP contribution >= 0.6 is 0 Å². The minimum absolute atomic E-state index is 0.0506. The lowest BCUT2D eigenvalue weighted by Crippen LogP contribution is -2.30. The summed E-state index contributed by atoms with van der Waals surface area (Å²) in [5.41, 5.74) is 5.65. The first kappa shape index (κ1) is 12.3. The maximum atomic E-state index is 13.6. The van der Waals surface area contributed by atoms with Crippen LogP contribution < -0.4 is 11.3 Å². The van der Waals surface area contributed by atoms with Crippen LogP contribution in [0.15, 0.2) is 29.8 Å². The van der Waals surface area contributed by atoms with E-state index in [2.05, 4.69) is 11.5 Å². The molecule has 1 aromatic rings. The van der Waals surface area contributed by atoms with Crippen molar-refractivity contribution in [3.05, 3.63) is 46.8 Å². The van der Waals surface area contributed by atoms with Gasteiger partial charge in [-0.05, 0) is 49.8 Å². The van der Waals surface area contributed by atoms with E-state index in [4.69, 9.17) is 5.84 Å². The molecular weight excluding hydrogens is 215 g/mol. The second-order valence-corrected chi connectivity index (χ2v) is 4.63. The fourth-order valence-electron chi connectivity index (χ4n) is 2.33. The van der Waals surface area contributed by atoms with E-state index in [0.717, 1.165) is 18.4 Å². The van der Waals surface area contributed by atoms with Crippen LogP contribution in [0.2, 0.25) is 0 Å². The molecule has 1 aliphatic rings. The molecule has 1 unspecified atom stereocenters. The number of hydrazine groups is 1. The summed E-state index contributed by atoms with van der Waals surface area (Å²) in [4.78, 5) is 0. The summed E-state index contributed by atoms with van der Waals surface area (Å²) in [6.07, 6.45) is 6.80. The van der Waals surface area contributed by atoms with Gasteiger partial charge >= 0.3 is 0 Å². The predicted octanol–water partition coefficient (Wildman–Crippen LogP) is 3.14. The summed E-state index contributed by atoms with van der Waals surface area (Å²) in [7, 11) is 0. The van der Waals surface area contributed by atoms with Crippen LogP contribution in [0, 0.1) is 12.7 Å². The molecule has 3 N–H and O–H groups in total. The Kier molecular flexibility index (Phi) is 3.92. The summed E-state index contributed by atoms with van der Waals surface area (Å²) in [6, 6.07) is 5.27.